The highest BCUT2D eigenvalue weighted by molar-refractivity contribution is 5.90. The number of nitrogens with zero attached hydrogens (tertiary/aromatic N) is 1. The summed E-state index contributed by atoms with van der Waals surface area (Å²) in [5.74, 6) is -0.762. The van der Waals surface area contributed by atoms with Gasteiger partial charge in [-0.25, -0.2) is 0 Å². The summed E-state index contributed by atoms with van der Waals surface area (Å²) in [4.78, 5) is 11.1. The van der Waals surface area contributed by atoms with Gasteiger partial charge in [0.05, 0.1) is 6.42 Å². The molecule has 0 spiro atoms. The third-order valence-electron chi connectivity index (χ3n) is 4.18. The van der Waals surface area contributed by atoms with E-state index in [0.717, 1.165) is 42.7 Å². The summed E-state index contributed by atoms with van der Waals surface area (Å²) >= 11 is 0. The Kier molecular flexibility index (Phi) is 3.26. The van der Waals surface area contributed by atoms with Crippen molar-refractivity contribution in [2.75, 3.05) is 0 Å². The van der Waals surface area contributed by atoms with E-state index in [0.29, 0.717) is 0 Å². The predicted octanol–water partition coefficient (Wildman–Crippen LogP) is 2.59. The molecule has 4 heteroatoms. The molecule has 2 N–H and O–H groups in total. The molecule has 0 atom stereocenters. The van der Waals surface area contributed by atoms with E-state index in [9.17, 15) is 4.79 Å². The van der Waals surface area contributed by atoms with Crippen molar-refractivity contribution in [3.63, 3.8) is 0 Å². The number of aromatic nitrogens is 1. The minimum Gasteiger partial charge on any atom is -0.481 e. The van der Waals surface area contributed by atoms with Gasteiger partial charge in [-0.05, 0) is 42.2 Å². The number of hydrogen-bond donors (Lipinski definition) is 2. The average molecular weight is 272 g/mol. The molecule has 1 aromatic carbocycles. The summed E-state index contributed by atoms with van der Waals surface area (Å²) in [7, 11) is 0. The molecule has 2 aromatic rings. The second-order valence-corrected chi connectivity index (χ2v) is 5.53. The van der Waals surface area contributed by atoms with E-state index in [1.165, 1.54) is 16.6 Å². The smallest absolute Gasteiger partial charge is 0.307 e. The Balaban J connectivity index is 2.26. The molecule has 1 aliphatic rings. The molecule has 1 aromatic heterocycles. The molecule has 3 rings (SSSR count). The van der Waals surface area contributed by atoms with Crippen LogP contribution in [0.3, 0.4) is 0 Å². The number of aryl methyl sites for hydroxylation is 1. The first-order valence-corrected chi connectivity index (χ1v) is 7.17. The number of nitrogens with one attached hydrogen (secondary N) is 1. The van der Waals surface area contributed by atoms with Gasteiger partial charge in [0, 0.05) is 36.2 Å². The van der Waals surface area contributed by atoms with Gasteiger partial charge in [0.1, 0.15) is 0 Å². The van der Waals surface area contributed by atoms with Crippen molar-refractivity contribution in [1.82, 2.24) is 9.88 Å². The fraction of sp³-hybridized carbons (Fsp3) is 0.438. The van der Waals surface area contributed by atoms with Crippen LogP contribution in [0.5, 0.6) is 0 Å². The van der Waals surface area contributed by atoms with Crippen LogP contribution in [-0.4, -0.2) is 15.6 Å². The zero-order valence-corrected chi connectivity index (χ0v) is 12.0. The van der Waals surface area contributed by atoms with Gasteiger partial charge in [-0.3, -0.25) is 4.79 Å². The monoisotopic (exact) mass is 272 g/mol. The first-order chi connectivity index (χ1) is 9.61. The Morgan fingerprint density at radius 1 is 1.35 bits per heavy atom. The molecule has 0 fully saturated rings. The maximum absolute atomic E-state index is 11.1. The molecule has 0 aliphatic carbocycles. The first-order valence-electron chi connectivity index (χ1n) is 7.17. The van der Waals surface area contributed by atoms with Crippen molar-refractivity contribution < 1.29 is 9.90 Å². The number of rotatable bonds is 4. The fourth-order valence-electron chi connectivity index (χ4n) is 3.23. The van der Waals surface area contributed by atoms with Crippen LogP contribution in [0.1, 0.15) is 35.7 Å². The Hall–Kier alpha value is -1.81. The van der Waals surface area contributed by atoms with Crippen molar-refractivity contribution in [2.24, 2.45) is 0 Å². The minimum absolute atomic E-state index is 0.102. The molecule has 0 unspecified atom stereocenters. The standard InChI is InChI=1S/C16H20N2O2/c1-3-4-18-10(2)13(7-16(19)20)14-5-11-8-17-9-12(11)6-15(14)18/h5-6,17H,3-4,7-9H2,1-2H3,(H,19,20). The Morgan fingerprint density at radius 3 is 2.70 bits per heavy atom. The summed E-state index contributed by atoms with van der Waals surface area (Å²) in [6.45, 7) is 6.92. The van der Waals surface area contributed by atoms with Crippen LogP contribution in [0.2, 0.25) is 0 Å². The largest absolute Gasteiger partial charge is 0.481 e. The lowest BCUT2D eigenvalue weighted by atomic mass is 10.0. The van der Waals surface area contributed by atoms with Gasteiger partial charge in [-0.1, -0.05) is 6.92 Å². The van der Waals surface area contributed by atoms with E-state index in [-0.39, 0.29) is 6.42 Å². The van der Waals surface area contributed by atoms with Gasteiger partial charge in [0.25, 0.3) is 0 Å². The molecular formula is C16H20N2O2. The van der Waals surface area contributed by atoms with Crippen LogP contribution in [-0.2, 0) is 30.8 Å². The SMILES string of the molecule is CCCn1c(C)c(CC(=O)O)c2cc3c(cc21)CNC3. The number of carboxylic acid groups (broad SMARTS) is 1. The van der Waals surface area contributed by atoms with E-state index in [1.54, 1.807) is 0 Å². The molecule has 0 saturated heterocycles. The molecule has 1 aliphatic heterocycles. The lowest BCUT2D eigenvalue weighted by Crippen LogP contribution is -2.04. The van der Waals surface area contributed by atoms with Gasteiger partial charge < -0.3 is 15.0 Å². The summed E-state index contributed by atoms with van der Waals surface area (Å²) in [5, 5.41) is 13.6. The van der Waals surface area contributed by atoms with Crippen LogP contribution in [0.25, 0.3) is 10.9 Å². The number of carboxylic acids is 1. The summed E-state index contributed by atoms with van der Waals surface area (Å²) in [5.41, 5.74) is 5.89. The van der Waals surface area contributed by atoms with E-state index in [4.69, 9.17) is 5.11 Å². The summed E-state index contributed by atoms with van der Waals surface area (Å²) < 4.78 is 2.27. The van der Waals surface area contributed by atoms with Crippen LogP contribution in [0, 0.1) is 6.92 Å². The van der Waals surface area contributed by atoms with E-state index < -0.39 is 5.97 Å². The van der Waals surface area contributed by atoms with E-state index in [1.807, 2.05) is 6.92 Å². The average Bonchev–Trinajstić information content (AvgIpc) is 2.95. The highest BCUT2D eigenvalue weighted by Gasteiger charge is 2.19. The number of hydrogen-bond acceptors (Lipinski definition) is 2. The molecular weight excluding hydrogens is 252 g/mol. The van der Waals surface area contributed by atoms with Gasteiger partial charge in [-0.2, -0.15) is 0 Å². The van der Waals surface area contributed by atoms with Crippen LogP contribution < -0.4 is 5.32 Å². The second kappa shape index (κ2) is 4.94. The molecule has 0 amide bonds. The van der Waals surface area contributed by atoms with Gasteiger partial charge in [0.15, 0.2) is 0 Å². The van der Waals surface area contributed by atoms with Crippen LogP contribution in [0.4, 0.5) is 0 Å². The van der Waals surface area contributed by atoms with E-state index >= 15 is 0 Å². The third kappa shape index (κ3) is 2.00. The molecule has 20 heavy (non-hydrogen) atoms. The molecule has 0 saturated carbocycles. The van der Waals surface area contributed by atoms with Gasteiger partial charge >= 0.3 is 5.97 Å². The van der Waals surface area contributed by atoms with Crippen molar-refractivity contribution in [1.29, 1.82) is 0 Å². The Bertz CT molecular complexity index is 686. The number of aliphatic carboxylic acids is 1. The predicted molar refractivity (Wildman–Crippen MR) is 78.8 cm³/mol. The van der Waals surface area contributed by atoms with Gasteiger partial charge in [0.2, 0.25) is 0 Å². The quantitative estimate of drug-likeness (QED) is 0.899. The third-order valence-corrected chi connectivity index (χ3v) is 4.18. The molecule has 0 radical (unpaired) electrons. The first kappa shape index (κ1) is 13.2. The van der Waals surface area contributed by atoms with Gasteiger partial charge in [-0.15, -0.1) is 0 Å². The number of carbonyl (C=O) groups is 1. The highest BCUT2D eigenvalue weighted by atomic mass is 16.4. The topological polar surface area (TPSA) is 54.3 Å². The van der Waals surface area contributed by atoms with Crippen molar-refractivity contribution in [2.45, 2.75) is 46.3 Å². The van der Waals surface area contributed by atoms with Crippen LogP contribution >= 0.6 is 0 Å². The maximum atomic E-state index is 11.1. The Labute approximate surface area is 118 Å². The van der Waals surface area contributed by atoms with Crippen molar-refractivity contribution in [3.05, 3.63) is 34.5 Å². The summed E-state index contributed by atoms with van der Waals surface area (Å²) in [6, 6.07) is 4.42. The van der Waals surface area contributed by atoms with E-state index in [2.05, 4.69) is 28.9 Å². The molecule has 106 valence electrons. The number of fused-ring (bicyclic) bond motifs is 2. The molecule has 4 nitrogen and oxygen atoms in total. The lowest BCUT2D eigenvalue weighted by molar-refractivity contribution is -0.136. The zero-order chi connectivity index (χ0) is 14.3. The normalized spacial score (nSPS) is 13.9. The van der Waals surface area contributed by atoms with Crippen molar-refractivity contribution in [3.8, 4) is 0 Å². The lowest BCUT2D eigenvalue weighted by Gasteiger charge is -2.07. The Morgan fingerprint density at radius 2 is 2.05 bits per heavy atom. The number of benzene rings is 1. The second-order valence-electron chi connectivity index (χ2n) is 5.53. The zero-order valence-electron chi connectivity index (χ0n) is 12.0. The maximum Gasteiger partial charge on any atom is 0.307 e. The molecule has 2 heterocycles. The summed E-state index contributed by atoms with van der Waals surface area (Å²) in [6.07, 6.45) is 1.15. The fourth-order valence-corrected chi connectivity index (χ4v) is 3.23. The molecule has 0 bridgehead atoms. The van der Waals surface area contributed by atoms with Crippen molar-refractivity contribution >= 4 is 16.9 Å². The van der Waals surface area contributed by atoms with Crippen LogP contribution in [0.15, 0.2) is 12.1 Å². The highest BCUT2D eigenvalue weighted by Crippen LogP contribution is 2.31. The minimum atomic E-state index is -0.762.